The third-order valence-corrected chi connectivity index (χ3v) is 4.00. The highest BCUT2D eigenvalue weighted by atomic mass is 16.6. The Balaban J connectivity index is 2.00. The molecule has 0 saturated heterocycles. The van der Waals surface area contributed by atoms with E-state index < -0.39 is 11.7 Å². The van der Waals surface area contributed by atoms with Crippen LogP contribution in [0.4, 0.5) is 4.79 Å². The van der Waals surface area contributed by atoms with E-state index in [1.54, 1.807) is 10.6 Å². The maximum atomic E-state index is 12.0. The van der Waals surface area contributed by atoms with Gasteiger partial charge in [-0.3, -0.25) is 4.79 Å². The summed E-state index contributed by atoms with van der Waals surface area (Å²) in [4.78, 5) is 23.0. The number of aromatic nitrogens is 1. The molecule has 1 atom stereocenters. The molecule has 5 heteroatoms. The van der Waals surface area contributed by atoms with Crippen LogP contribution in [-0.4, -0.2) is 16.3 Å². The molecule has 5 nitrogen and oxygen atoms in total. The molecule has 0 unspecified atom stereocenters. The number of amides is 1. The number of nitrogens with two attached hydrogens (primary N) is 1. The fourth-order valence-corrected chi connectivity index (χ4v) is 3.30. The van der Waals surface area contributed by atoms with Gasteiger partial charge in [0.05, 0.1) is 5.52 Å². The first-order valence-corrected chi connectivity index (χ1v) is 6.98. The zero-order valence-corrected chi connectivity index (χ0v) is 12.1. The molecule has 0 saturated carbocycles. The van der Waals surface area contributed by atoms with Crippen LogP contribution in [0.15, 0.2) is 35.1 Å². The molecule has 0 spiro atoms. The number of para-hydroxylation sites is 1. The van der Waals surface area contributed by atoms with Crippen LogP contribution in [0.3, 0.4) is 0 Å². The van der Waals surface area contributed by atoms with E-state index in [0.717, 1.165) is 16.5 Å². The van der Waals surface area contributed by atoms with E-state index in [0.29, 0.717) is 13.0 Å². The van der Waals surface area contributed by atoms with Gasteiger partial charge >= 0.3 is 6.09 Å². The van der Waals surface area contributed by atoms with Crippen molar-refractivity contribution in [1.82, 2.24) is 4.57 Å². The first-order chi connectivity index (χ1) is 9.87. The summed E-state index contributed by atoms with van der Waals surface area (Å²) in [6, 6.07) is 9.48. The van der Waals surface area contributed by atoms with Crippen molar-refractivity contribution in [1.29, 1.82) is 0 Å². The van der Waals surface area contributed by atoms with Crippen LogP contribution in [0.1, 0.15) is 31.7 Å². The van der Waals surface area contributed by atoms with Gasteiger partial charge in [0.15, 0.2) is 0 Å². The number of hydrogen-bond donors (Lipinski definition) is 1. The second-order valence-electron chi connectivity index (χ2n) is 6.15. The number of primary amides is 1. The number of benzene rings is 1. The van der Waals surface area contributed by atoms with Gasteiger partial charge in [0.2, 0.25) is 0 Å². The van der Waals surface area contributed by atoms with Crippen molar-refractivity contribution in [2.24, 2.45) is 5.73 Å². The summed E-state index contributed by atoms with van der Waals surface area (Å²) < 4.78 is 6.98. The fraction of sp³-hybridized carbons (Fsp3) is 0.375. The molecule has 21 heavy (non-hydrogen) atoms. The van der Waals surface area contributed by atoms with Gasteiger partial charge in [-0.05, 0) is 37.3 Å². The Labute approximate surface area is 122 Å². The van der Waals surface area contributed by atoms with Crippen LogP contribution < -0.4 is 11.3 Å². The molecule has 1 aromatic heterocycles. The number of ether oxygens (including phenoxy) is 1. The van der Waals surface area contributed by atoms with Crippen molar-refractivity contribution in [3.8, 4) is 0 Å². The van der Waals surface area contributed by atoms with Crippen molar-refractivity contribution < 1.29 is 9.53 Å². The zero-order chi connectivity index (χ0) is 15.2. The van der Waals surface area contributed by atoms with Crippen LogP contribution in [0.25, 0.3) is 10.9 Å². The third-order valence-electron chi connectivity index (χ3n) is 4.00. The van der Waals surface area contributed by atoms with Crippen LogP contribution in [0, 0.1) is 0 Å². The first-order valence-electron chi connectivity index (χ1n) is 6.98. The maximum absolute atomic E-state index is 12.0. The average molecular weight is 286 g/mol. The summed E-state index contributed by atoms with van der Waals surface area (Å²) in [7, 11) is 0. The predicted molar refractivity (Wildman–Crippen MR) is 80.3 cm³/mol. The quantitative estimate of drug-likeness (QED) is 0.941. The molecule has 2 aromatic rings. The summed E-state index contributed by atoms with van der Waals surface area (Å²) >= 11 is 0. The average Bonchev–Trinajstić information content (AvgIpc) is 2.73. The Morgan fingerprint density at radius 1 is 1.38 bits per heavy atom. The van der Waals surface area contributed by atoms with Crippen molar-refractivity contribution in [3.05, 3.63) is 46.2 Å². The summed E-state index contributed by atoms with van der Waals surface area (Å²) in [5, 5.41) is 1.06. The van der Waals surface area contributed by atoms with Gasteiger partial charge in [-0.15, -0.1) is 0 Å². The molecule has 110 valence electrons. The monoisotopic (exact) mass is 286 g/mol. The van der Waals surface area contributed by atoms with E-state index in [1.165, 1.54) is 0 Å². The molecule has 0 fully saturated rings. The fourth-order valence-electron chi connectivity index (χ4n) is 3.30. The van der Waals surface area contributed by atoms with E-state index >= 15 is 0 Å². The minimum atomic E-state index is -0.772. The lowest BCUT2D eigenvalue weighted by Crippen LogP contribution is -2.33. The van der Waals surface area contributed by atoms with Gasteiger partial charge < -0.3 is 15.0 Å². The van der Waals surface area contributed by atoms with E-state index in [1.807, 2.05) is 38.1 Å². The Bertz CT molecular complexity index is 777. The summed E-state index contributed by atoms with van der Waals surface area (Å²) in [6.45, 7) is 4.29. The van der Waals surface area contributed by atoms with Crippen molar-refractivity contribution in [3.63, 3.8) is 0 Å². The molecule has 2 N–H and O–H groups in total. The molecule has 3 rings (SSSR count). The van der Waals surface area contributed by atoms with Crippen LogP contribution >= 0.6 is 0 Å². The standard InChI is InChI=1S/C16H18N2O3/c1-16(2,21-15(17)20)8-11-9-18-13(19)7-6-10-4-3-5-12(11)14(10)18/h3-7,11H,8-9H2,1-2H3,(H2,17,20)/t11-/m1/s1. The Kier molecular flexibility index (Phi) is 3.01. The van der Waals surface area contributed by atoms with E-state index in [2.05, 4.69) is 0 Å². The number of carbonyl (C=O) groups is 1. The van der Waals surface area contributed by atoms with Gasteiger partial charge in [-0.25, -0.2) is 4.79 Å². The van der Waals surface area contributed by atoms with Crippen molar-refractivity contribution >= 4 is 17.0 Å². The smallest absolute Gasteiger partial charge is 0.405 e. The lowest BCUT2D eigenvalue weighted by molar-refractivity contribution is 0.0331. The topological polar surface area (TPSA) is 74.3 Å². The number of rotatable bonds is 3. The molecule has 0 aliphatic carbocycles. The molecule has 1 amide bonds. The molecule has 0 bridgehead atoms. The first kappa shape index (κ1) is 13.7. The number of hydrogen-bond acceptors (Lipinski definition) is 3. The Morgan fingerprint density at radius 3 is 2.86 bits per heavy atom. The molecular formula is C16H18N2O3. The molecule has 1 aliphatic heterocycles. The normalized spacial score (nSPS) is 17.1. The largest absolute Gasteiger partial charge is 0.444 e. The van der Waals surface area contributed by atoms with Crippen LogP contribution in [0.2, 0.25) is 0 Å². The van der Waals surface area contributed by atoms with E-state index in [4.69, 9.17) is 10.5 Å². The third kappa shape index (κ3) is 2.39. The molecule has 2 heterocycles. The molecular weight excluding hydrogens is 268 g/mol. The lowest BCUT2D eigenvalue weighted by atomic mass is 9.89. The number of pyridine rings is 1. The van der Waals surface area contributed by atoms with Crippen molar-refractivity contribution in [2.45, 2.75) is 38.3 Å². The minimum Gasteiger partial charge on any atom is -0.444 e. The van der Waals surface area contributed by atoms with Gasteiger partial charge in [0.25, 0.3) is 5.56 Å². The van der Waals surface area contributed by atoms with Gasteiger partial charge in [0.1, 0.15) is 5.60 Å². The highest BCUT2D eigenvalue weighted by molar-refractivity contribution is 5.84. The highest BCUT2D eigenvalue weighted by Gasteiger charge is 2.32. The highest BCUT2D eigenvalue weighted by Crippen LogP contribution is 2.38. The predicted octanol–water partition coefficient (Wildman–Crippen LogP) is 2.36. The number of carbonyl (C=O) groups excluding carboxylic acids is 1. The SMILES string of the molecule is CC(C)(C[C@@H]1Cn2c(=O)ccc3cccc1c32)OC(N)=O. The maximum Gasteiger partial charge on any atom is 0.405 e. The van der Waals surface area contributed by atoms with Crippen molar-refractivity contribution in [2.75, 3.05) is 0 Å². The summed E-state index contributed by atoms with van der Waals surface area (Å²) in [6.07, 6.45) is -0.151. The molecule has 1 aliphatic rings. The van der Waals surface area contributed by atoms with Crippen LogP contribution in [0.5, 0.6) is 0 Å². The molecule has 1 aromatic carbocycles. The van der Waals surface area contributed by atoms with E-state index in [9.17, 15) is 9.59 Å². The second kappa shape index (κ2) is 4.62. The Hall–Kier alpha value is -2.30. The van der Waals surface area contributed by atoms with Gasteiger partial charge in [-0.1, -0.05) is 18.2 Å². The molecule has 0 radical (unpaired) electrons. The van der Waals surface area contributed by atoms with Gasteiger partial charge in [-0.2, -0.15) is 0 Å². The summed E-state index contributed by atoms with van der Waals surface area (Å²) in [5.74, 6) is 0.137. The summed E-state index contributed by atoms with van der Waals surface area (Å²) in [5.41, 5.74) is 6.59. The van der Waals surface area contributed by atoms with E-state index in [-0.39, 0.29) is 11.5 Å². The zero-order valence-electron chi connectivity index (χ0n) is 12.1. The number of nitrogens with zero attached hydrogens (tertiary/aromatic N) is 1. The second-order valence-corrected chi connectivity index (χ2v) is 6.15. The van der Waals surface area contributed by atoms with Crippen LogP contribution in [-0.2, 0) is 11.3 Å². The lowest BCUT2D eigenvalue weighted by Gasteiger charge is -2.27. The Morgan fingerprint density at radius 2 is 2.14 bits per heavy atom. The minimum absolute atomic E-state index is 0.00563. The van der Waals surface area contributed by atoms with Gasteiger partial charge in [0, 0.05) is 18.5 Å².